The molecule has 1 heterocycles. The monoisotopic (exact) mass is 232 g/mol. The van der Waals surface area contributed by atoms with Crippen LogP contribution in [0.25, 0.3) is 0 Å². The molecular weight excluding hydrogens is 208 g/mol. The molecule has 2 N–H and O–H groups in total. The highest BCUT2D eigenvalue weighted by Crippen LogP contribution is 2.23. The van der Waals surface area contributed by atoms with Gasteiger partial charge in [-0.2, -0.15) is 0 Å². The predicted octanol–water partition coefficient (Wildman–Crippen LogP) is 2.83. The lowest BCUT2D eigenvalue weighted by molar-refractivity contribution is 0.482. The second-order valence-electron chi connectivity index (χ2n) is 5.58. The molecule has 0 fully saturated rings. The van der Waals surface area contributed by atoms with E-state index < -0.39 is 0 Å². The van der Waals surface area contributed by atoms with Crippen molar-refractivity contribution in [1.82, 2.24) is 5.32 Å². The summed E-state index contributed by atoms with van der Waals surface area (Å²) < 4.78 is 0. The van der Waals surface area contributed by atoms with Crippen LogP contribution in [0.15, 0.2) is 18.2 Å². The van der Waals surface area contributed by atoms with Crippen LogP contribution >= 0.6 is 0 Å². The third-order valence-electron chi connectivity index (χ3n) is 3.30. The van der Waals surface area contributed by atoms with E-state index in [9.17, 15) is 0 Å². The highest BCUT2D eigenvalue weighted by Gasteiger charge is 2.11. The molecule has 0 saturated heterocycles. The van der Waals surface area contributed by atoms with Crippen molar-refractivity contribution in [3.05, 3.63) is 29.3 Å². The summed E-state index contributed by atoms with van der Waals surface area (Å²) in [6.07, 6.45) is 2.30. The first kappa shape index (κ1) is 12.4. The van der Waals surface area contributed by atoms with Crippen LogP contribution in [-0.4, -0.2) is 19.1 Å². The van der Waals surface area contributed by atoms with Gasteiger partial charge in [0, 0.05) is 18.3 Å². The molecule has 0 bridgehead atoms. The maximum absolute atomic E-state index is 3.58. The molecule has 0 saturated carbocycles. The van der Waals surface area contributed by atoms with Gasteiger partial charge < -0.3 is 10.6 Å². The largest absolute Gasteiger partial charge is 0.384 e. The summed E-state index contributed by atoms with van der Waals surface area (Å²) in [7, 11) is 0. The first-order chi connectivity index (χ1) is 8.15. The maximum Gasteiger partial charge on any atom is 0.0373 e. The molecule has 1 unspecified atom stereocenters. The Kier molecular flexibility index (Phi) is 4.06. The smallest absolute Gasteiger partial charge is 0.0373 e. The van der Waals surface area contributed by atoms with Crippen LogP contribution in [0.3, 0.4) is 0 Å². The van der Waals surface area contributed by atoms with Gasteiger partial charge in [-0.3, -0.25) is 0 Å². The van der Waals surface area contributed by atoms with Crippen molar-refractivity contribution in [2.45, 2.75) is 39.7 Å². The van der Waals surface area contributed by atoms with E-state index in [1.54, 1.807) is 0 Å². The van der Waals surface area contributed by atoms with E-state index >= 15 is 0 Å². The number of fused-ring (bicyclic) bond motifs is 1. The minimum Gasteiger partial charge on any atom is -0.384 e. The average Bonchev–Trinajstić information content (AvgIpc) is 2.73. The number of anilines is 1. The van der Waals surface area contributed by atoms with Crippen molar-refractivity contribution in [2.24, 2.45) is 5.92 Å². The second-order valence-corrected chi connectivity index (χ2v) is 5.58. The Hall–Kier alpha value is -1.02. The van der Waals surface area contributed by atoms with E-state index in [2.05, 4.69) is 49.6 Å². The van der Waals surface area contributed by atoms with Crippen LogP contribution < -0.4 is 10.6 Å². The van der Waals surface area contributed by atoms with Gasteiger partial charge in [0.1, 0.15) is 0 Å². The van der Waals surface area contributed by atoms with E-state index in [0.717, 1.165) is 25.4 Å². The molecular formula is C15H24N2. The Bertz CT molecular complexity index is 371. The Labute approximate surface area is 105 Å². The zero-order valence-electron chi connectivity index (χ0n) is 11.2. The van der Waals surface area contributed by atoms with Crippen LogP contribution in [0.2, 0.25) is 0 Å². The van der Waals surface area contributed by atoms with Crippen molar-refractivity contribution in [1.29, 1.82) is 0 Å². The van der Waals surface area contributed by atoms with E-state index in [4.69, 9.17) is 0 Å². The fraction of sp³-hybridized carbons (Fsp3) is 0.600. The summed E-state index contributed by atoms with van der Waals surface area (Å²) in [5, 5.41) is 6.99. The van der Waals surface area contributed by atoms with Crippen LogP contribution in [-0.2, 0) is 12.8 Å². The molecule has 1 aromatic rings. The van der Waals surface area contributed by atoms with Gasteiger partial charge >= 0.3 is 0 Å². The Morgan fingerprint density at radius 2 is 2.12 bits per heavy atom. The number of rotatable bonds is 5. The molecule has 1 aliphatic rings. The van der Waals surface area contributed by atoms with Crippen molar-refractivity contribution in [2.75, 3.05) is 18.4 Å². The summed E-state index contributed by atoms with van der Waals surface area (Å²) in [4.78, 5) is 0. The predicted molar refractivity (Wildman–Crippen MR) is 74.6 cm³/mol. The molecule has 2 heteroatoms. The lowest BCUT2D eigenvalue weighted by Crippen LogP contribution is -2.31. The number of hydrogen-bond donors (Lipinski definition) is 2. The molecule has 17 heavy (non-hydrogen) atoms. The number of hydrogen-bond acceptors (Lipinski definition) is 2. The zero-order chi connectivity index (χ0) is 12.3. The van der Waals surface area contributed by atoms with E-state index in [1.807, 2.05) is 0 Å². The molecule has 1 aromatic carbocycles. The lowest BCUT2D eigenvalue weighted by Gasteiger charge is -2.16. The van der Waals surface area contributed by atoms with Gasteiger partial charge in [-0.1, -0.05) is 26.0 Å². The quantitative estimate of drug-likeness (QED) is 0.815. The van der Waals surface area contributed by atoms with Crippen molar-refractivity contribution in [3.63, 3.8) is 0 Å². The van der Waals surface area contributed by atoms with Gasteiger partial charge in [-0.15, -0.1) is 0 Å². The summed E-state index contributed by atoms with van der Waals surface area (Å²) in [5.74, 6) is 0.724. The minimum absolute atomic E-state index is 0.560. The van der Waals surface area contributed by atoms with Gasteiger partial charge in [0.15, 0.2) is 0 Å². The highest BCUT2D eigenvalue weighted by atomic mass is 14.9. The van der Waals surface area contributed by atoms with Crippen molar-refractivity contribution < 1.29 is 0 Å². The van der Waals surface area contributed by atoms with E-state index in [-0.39, 0.29) is 0 Å². The molecule has 2 rings (SSSR count). The van der Waals surface area contributed by atoms with Gasteiger partial charge in [0.05, 0.1) is 0 Å². The normalized spacial score (nSPS) is 15.8. The average molecular weight is 232 g/mol. The second kappa shape index (κ2) is 5.54. The molecule has 0 amide bonds. The molecule has 0 aromatic heterocycles. The molecule has 1 aliphatic heterocycles. The molecule has 94 valence electrons. The fourth-order valence-corrected chi connectivity index (χ4v) is 2.35. The van der Waals surface area contributed by atoms with Crippen LogP contribution in [0.5, 0.6) is 0 Å². The maximum atomic E-state index is 3.58. The molecule has 1 atom stereocenters. The fourth-order valence-electron chi connectivity index (χ4n) is 2.35. The summed E-state index contributed by atoms with van der Waals surface area (Å²) in [6, 6.07) is 7.41. The summed E-state index contributed by atoms with van der Waals surface area (Å²) >= 11 is 0. The number of nitrogens with one attached hydrogen (secondary N) is 2. The molecule has 0 spiro atoms. The Morgan fingerprint density at radius 1 is 1.29 bits per heavy atom. The topological polar surface area (TPSA) is 24.1 Å². The van der Waals surface area contributed by atoms with Gasteiger partial charge in [0.25, 0.3) is 0 Å². The van der Waals surface area contributed by atoms with Crippen molar-refractivity contribution in [3.8, 4) is 0 Å². The van der Waals surface area contributed by atoms with E-state index in [0.29, 0.717) is 6.04 Å². The lowest BCUT2D eigenvalue weighted by atomic mass is 10.0. The van der Waals surface area contributed by atoms with E-state index in [1.165, 1.54) is 23.2 Å². The first-order valence-corrected chi connectivity index (χ1v) is 6.74. The van der Waals surface area contributed by atoms with Gasteiger partial charge in [0.2, 0.25) is 0 Å². The van der Waals surface area contributed by atoms with Gasteiger partial charge in [-0.25, -0.2) is 0 Å². The molecule has 2 nitrogen and oxygen atoms in total. The number of benzene rings is 1. The molecule has 0 aliphatic carbocycles. The standard InChI is InChI=1S/C15H24N2/c1-11(2)10-17-12(3)8-13-4-5-15-14(9-13)6-7-16-15/h4-5,9,11-12,16-17H,6-8,10H2,1-3H3. The first-order valence-electron chi connectivity index (χ1n) is 6.74. The van der Waals surface area contributed by atoms with Gasteiger partial charge in [-0.05, 0) is 49.4 Å². The Balaban J connectivity index is 1.90. The summed E-state index contributed by atoms with van der Waals surface area (Å²) in [5.41, 5.74) is 4.27. The summed E-state index contributed by atoms with van der Waals surface area (Å²) in [6.45, 7) is 8.98. The minimum atomic E-state index is 0.560. The highest BCUT2D eigenvalue weighted by molar-refractivity contribution is 5.56. The van der Waals surface area contributed by atoms with Crippen LogP contribution in [0.4, 0.5) is 5.69 Å². The van der Waals surface area contributed by atoms with Crippen LogP contribution in [0.1, 0.15) is 31.9 Å². The third-order valence-corrected chi connectivity index (χ3v) is 3.30. The molecule has 0 radical (unpaired) electrons. The third kappa shape index (κ3) is 3.47. The SMILES string of the molecule is CC(C)CNC(C)Cc1ccc2c(c1)CCN2. The Morgan fingerprint density at radius 3 is 2.88 bits per heavy atom. The van der Waals surface area contributed by atoms with Crippen molar-refractivity contribution >= 4 is 5.69 Å². The zero-order valence-corrected chi connectivity index (χ0v) is 11.2. The van der Waals surface area contributed by atoms with Crippen LogP contribution in [0, 0.1) is 5.92 Å².